The third-order valence-electron chi connectivity index (χ3n) is 3.09. The number of halogens is 1. The average molecular weight is 370 g/mol. The summed E-state index contributed by atoms with van der Waals surface area (Å²) < 4.78 is 1.18. The number of nitrogens with one attached hydrogen (secondary N) is 1. The first-order valence-corrected chi connectivity index (χ1v) is 7.81. The Kier molecular flexibility index (Phi) is 4.85. The van der Waals surface area contributed by atoms with Gasteiger partial charge in [-0.1, -0.05) is 13.8 Å². The first kappa shape index (κ1) is 14.4. The lowest BCUT2D eigenvalue weighted by atomic mass is 10.2. The summed E-state index contributed by atoms with van der Waals surface area (Å²) >= 11 is 2.29. The summed E-state index contributed by atoms with van der Waals surface area (Å²) in [5.74, 6) is 0.106. The highest BCUT2D eigenvalue weighted by Crippen LogP contribution is 2.19. The zero-order valence-corrected chi connectivity index (χ0v) is 13.5. The topological polar surface area (TPSA) is 36.1 Å². The molecule has 4 heteroatoms. The van der Waals surface area contributed by atoms with Crippen molar-refractivity contribution in [2.75, 3.05) is 13.1 Å². The molecule has 0 saturated carbocycles. The minimum absolute atomic E-state index is 0.106. The molecule has 0 aliphatic heterocycles. The number of rotatable bonds is 5. The van der Waals surface area contributed by atoms with Crippen molar-refractivity contribution < 1.29 is 4.79 Å². The van der Waals surface area contributed by atoms with Crippen molar-refractivity contribution >= 4 is 39.4 Å². The van der Waals surface area contributed by atoms with E-state index in [1.165, 1.54) is 3.57 Å². The van der Waals surface area contributed by atoms with Gasteiger partial charge in [-0.25, -0.2) is 0 Å². The summed E-state index contributed by atoms with van der Waals surface area (Å²) in [4.78, 5) is 17.6. The van der Waals surface area contributed by atoms with Gasteiger partial charge in [0.2, 0.25) is 0 Å². The molecule has 0 fully saturated rings. The number of H-pyrrole nitrogens is 1. The fourth-order valence-corrected chi connectivity index (χ4v) is 2.76. The van der Waals surface area contributed by atoms with Crippen LogP contribution < -0.4 is 0 Å². The number of amides is 1. The predicted octanol–water partition coefficient (Wildman–Crippen LogP) is 4.03. The fraction of sp³-hybridized carbons (Fsp3) is 0.400. The second-order valence-corrected chi connectivity index (χ2v) is 5.95. The number of nitrogens with zero attached hydrogens (tertiary/aromatic N) is 1. The van der Waals surface area contributed by atoms with Gasteiger partial charge in [0, 0.05) is 27.6 Å². The second kappa shape index (κ2) is 6.41. The summed E-state index contributed by atoms with van der Waals surface area (Å²) in [6.07, 6.45) is 1.98. The lowest BCUT2D eigenvalue weighted by Gasteiger charge is -2.20. The molecule has 0 saturated heterocycles. The quantitative estimate of drug-likeness (QED) is 0.793. The zero-order valence-electron chi connectivity index (χ0n) is 11.4. The van der Waals surface area contributed by atoms with E-state index in [0.29, 0.717) is 5.69 Å². The van der Waals surface area contributed by atoms with Gasteiger partial charge in [-0.15, -0.1) is 0 Å². The van der Waals surface area contributed by atoms with E-state index in [1.54, 1.807) is 0 Å². The first-order chi connectivity index (χ1) is 9.15. The Morgan fingerprint density at radius 3 is 2.53 bits per heavy atom. The Hall–Kier alpha value is -1.04. The normalized spacial score (nSPS) is 10.9. The minimum atomic E-state index is 0.106. The summed E-state index contributed by atoms with van der Waals surface area (Å²) in [7, 11) is 0. The van der Waals surface area contributed by atoms with Crippen LogP contribution in [-0.2, 0) is 0 Å². The molecule has 2 rings (SSSR count). The Balaban J connectivity index is 2.29. The maximum absolute atomic E-state index is 12.5. The molecule has 1 heterocycles. The van der Waals surface area contributed by atoms with E-state index in [4.69, 9.17) is 0 Å². The maximum atomic E-state index is 12.5. The van der Waals surface area contributed by atoms with Crippen molar-refractivity contribution in [2.24, 2.45) is 0 Å². The number of carbonyl (C=O) groups excluding carboxylic acids is 1. The van der Waals surface area contributed by atoms with E-state index in [0.717, 1.165) is 36.8 Å². The van der Waals surface area contributed by atoms with E-state index in [9.17, 15) is 4.79 Å². The molecule has 1 amide bonds. The molecule has 0 aliphatic rings. The molecule has 2 aromatic rings. The molecular weight excluding hydrogens is 351 g/mol. The lowest BCUT2D eigenvalue weighted by molar-refractivity contribution is 0.0750. The molecule has 0 bridgehead atoms. The highest BCUT2D eigenvalue weighted by molar-refractivity contribution is 14.1. The van der Waals surface area contributed by atoms with Crippen molar-refractivity contribution in [1.29, 1.82) is 0 Å². The first-order valence-electron chi connectivity index (χ1n) is 6.73. The van der Waals surface area contributed by atoms with Crippen LogP contribution in [0.3, 0.4) is 0 Å². The van der Waals surface area contributed by atoms with Crippen LogP contribution in [0.25, 0.3) is 10.9 Å². The Bertz CT molecular complexity index is 571. The third-order valence-corrected chi connectivity index (χ3v) is 3.76. The smallest absolute Gasteiger partial charge is 0.270 e. The third kappa shape index (κ3) is 3.29. The molecule has 0 spiro atoms. The summed E-state index contributed by atoms with van der Waals surface area (Å²) in [5.41, 5.74) is 1.72. The van der Waals surface area contributed by atoms with E-state index in [2.05, 4.69) is 47.5 Å². The number of fused-ring (bicyclic) bond motifs is 1. The molecule has 1 aromatic carbocycles. The number of benzene rings is 1. The molecule has 0 radical (unpaired) electrons. The summed E-state index contributed by atoms with van der Waals surface area (Å²) in [6.45, 7) is 5.84. The van der Waals surface area contributed by atoms with Crippen molar-refractivity contribution in [1.82, 2.24) is 9.88 Å². The average Bonchev–Trinajstić information content (AvgIpc) is 2.80. The highest BCUT2D eigenvalue weighted by Gasteiger charge is 2.16. The van der Waals surface area contributed by atoms with Gasteiger partial charge in [0.15, 0.2) is 0 Å². The van der Waals surface area contributed by atoms with Crippen LogP contribution in [0.5, 0.6) is 0 Å². The maximum Gasteiger partial charge on any atom is 0.270 e. The van der Waals surface area contributed by atoms with Gasteiger partial charge < -0.3 is 9.88 Å². The van der Waals surface area contributed by atoms with Gasteiger partial charge >= 0.3 is 0 Å². The Morgan fingerprint density at radius 2 is 1.89 bits per heavy atom. The fourth-order valence-electron chi connectivity index (χ4n) is 2.24. The monoisotopic (exact) mass is 370 g/mol. The Morgan fingerprint density at radius 1 is 1.21 bits per heavy atom. The van der Waals surface area contributed by atoms with Crippen molar-refractivity contribution in [3.8, 4) is 0 Å². The summed E-state index contributed by atoms with van der Waals surface area (Å²) in [6, 6.07) is 8.12. The minimum Gasteiger partial charge on any atom is -0.351 e. The van der Waals surface area contributed by atoms with Crippen LogP contribution in [0.2, 0.25) is 0 Å². The number of hydrogen-bond acceptors (Lipinski definition) is 1. The van der Waals surface area contributed by atoms with E-state index >= 15 is 0 Å². The largest absolute Gasteiger partial charge is 0.351 e. The van der Waals surface area contributed by atoms with Gasteiger partial charge in [0.25, 0.3) is 5.91 Å². The molecule has 102 valence electrons. The standard InChI is InChI=1S/C15H19IN2O/c1-3-7-18(8-4-2)15(19)14-10-11-9-12(16)5-6-13(11)17-14/h5-6,9-10,17H,3-4,7-8H2,1-2H3. The van der Waals surface area contributed by atoms with Gasteiger partial charge in [0.1, 0.15) is 5.69 Å². The van der Waals surface area contributed by atoms with Gasteiger partial charge in [-0.2, -0.15) is 0 Å². The van der Waals surface area contributed by atoms with Crippen molar-refractivity contribution in [2.45, 2.75) is 26.7 Å². The lowest BCUT2D eigenvalue weighted by Crippen LogP contribution is -2.32. The second-order valence-electron chi connectivity index (χ2n) is 4.71. The van der Waals surface area contributed by atoms with E-state index in [1.807, 2.05) is 23.1 Å². The molecular formula is C15H19IN2O. The van der Waals surface area contributed by atoms with Crippen molar-refractivity contribution in [3.63, 3.8) is 0 Å². The molecule has 0 atom stereocenters. The van der Waals surface area contributed by atoms with E-state index < -0.39 is 0 Å². The molecule has 0 aliphatic carbocycles. The summed E-state index contributed by atoms with van der Waals surface area (Å²) in [5, 5.41) is 1.10. The number of aromatic amines is 1. The molecule has 0 unspecified atom stereocenters. The van der Waals surface area contributed by atoms with Crippen LogP contribution in [0.4, 0.5) is 0 Å². The highest BCUT2D eigenvalue weighted by atomic mass is 127. The van der Waals surface area contributed by atoms with Crippen LogP contribution in [-0.4, -0.2) is 28.9 Å². The van der Waals surface area contributed by atoms with Gasteiger partial charge in [-0.3, -0.25) is 4.79 Å². The zero-order chi connectivity index (χ0) is 13.8. The molecule has 3 nitrogen and oxygen atoms in total. The SMILES string of the molecule is CCCN(CCC)C(=O)c1cc2cc(I)ccc2[nH]1. The number of aromatic nitrogens is 1. The van der Waals surface area contributed by atoms with Crippen molar-refractivity contribution in [3.05, 3.63) is 33.5 Å². The van der Waals surface area contributed by atoms with Crippen LogP contribution in [0.1, 0.15) is 37.2 Å². The number of carbonyl (C=O) groups is 1. The van der Waals surface area contributed by atoms with Gasteiger partial charge in [0.05, 0.1) is 0 Å². The Labute approximate surface area is 127 Å². The molecule has 1 aromatic heterocycles. The molecule has 19 heavy (non-hydrogen) atoms. The van der Waals surface area contributed by atoms with Gasteiger partial charge in [-0.05, 0) is 59.7 Å². The van der Waals surface area contributed by atoms with E-state index in [-0.39, 0.29) is 5.91 Å². The predicted molar refractivity (Wildman–Crippen MR) is 87.5 cm³/mol. The van der Waals surface area contributed by atoms with Crippen LogP contribution in [0, 0.1) is 3.57 Å². The molecule has 1 N–H and O–H groups in total. The van der Waals surface area contributed by atoms with Crippen LogP contribution in [0.15, 0.2) is 24.3 Å². The number of hydrogen-bond donors (Lipinski definition) is 1. The van der Waals surface area contributed by atoms with Crippen LogP contribution >= 0.6 is 22.6 Å².